The van der Waals surface area contributed by atoms with E-state index in [1.807, 2.05) is 24.3 Å². The van der Waals surface area contributed by atoms with Gasteiger partial charge in [0.2, 0.25) is 0 Å². The van der Waals surface area contributed by atoms with Crippen LogP contribution >= 0.6 is 62.3 Å². The van der Waals surface area contributed by atoms with Crippen molar-refractivity contribution in [2.45, 2.75) is 13.2 Å². The van der Waals surface area contributed by atoms with Crippen molar-refractivity contribution < 1.29 is 4.74 Å². The molecule has 3 rings (SSSR count). The molecule has 0 bridgehead atoms. The lowest BCUT2D eigenvalue weighted by molar-refractivity contribution is 0.303. The number of ether oxygens (including phenoxy) is 1. The fourth-order valence-electron chi connectivity index (χ4n) is 2.44. The van der Waals surface area contributed by atoms with Gasteiger partial charge in [0.1, 0.15) is 12.4 Å². The van der Waals surface area contributed by atoms with Crippen LogP contribution in [0.5, 0.6) is 5.75 Å². The second-order valence-electron chi connectivity index (χ2n) is 5.75. The van der Waals surface area contributed by atoms with Gasteiger partial charge in [-0.1, -0.05) is 68.4 Å². The molecular formula is C20H14BrCl4NO. The number of nitrogens with one attached hydrogen (secondary N) is 1. The van der Waals surface area contributed by atoms with Gasteiger partial charge >= 0.3 is 0 Å². The van der Waals surface area contributed by atoms with Gasteiger partial charge in [0.25, 0.3) is 0 Å². The lowest BCUT2D eigenvalue weighted by atomic mass is 10.2. The number of benzene rings is 3. The van der Waals surface area contributed by atoms with E-state index in [4.69, 9.17) is 51.1 Å². The van der Waals surface area contributed by atoms with Crippen molar-refractivity contribution in [1.82, 2.24) is 0 Å². The third-order valence-electron chi connectivity index (χ3n) is 3.82. The van der Waals surface area contributed by atoms with E-state index in [0.717, 1.165) is 27.0 Å². The summed E-state index contributed by atoms with van der Waals surface area (Å²) in [5, 5.41) is 5.68. The average Bonchev–Trinajstić information content (AvgIpc) is 2.63. The highest BCUT2D eigenvalue weighted by Crippen LogP contribution is 2.29. The number of halogens is 5. The molecule has 7 heteroatoms. The first-order valence-corrected chi connectivity index (χ1v) is 10.3. The summed E-state index contributed by atoms with van der Waals surface area (Å²) in [6.07, 6.45) is 0. The first-order chi connectivity index (χ1) is 12.9. The first kappa shape index (κ1) is 20.6. The van der Waals surface area contributed by atoms with Gasteiger partial charge in [0.05, 0.1) is 10.7 Å². The maximum Gasteiger partial charge on any atom is 0.124 e. The normalized spacial score (nSPS) is 10.7. The highest BCUT2D eigenvalue weighted by Gasteiger charge is 2.09. The molecule has 0 saturated heterocycles. The van der Waals surface area contributed by atoms with Gasteiger partial charge in [0, 0.05) is 37.2 Å². The number of anilines is 1. The molecule has 0 unspecified atom stereocenters. The Morgan fingerprint density at radius 3 is 2.30 bits per heavy atom. The van der Waals surface area contributed by atoms with Gasteiger partial charge in [-0.05, 0) is 48.5 Å². The second kappa shape index (κ2) is 9.40. The molecule has 0 radical (unpaired) electrons. The van der Waals surface area contributed by atoms with Crippen molar-refractivity contribution in [2.24, 2.45) is 0 Å². The Bertz CT molecular complexity index is 965. The number of rotatable bonds is 6. The van der Waals surface area contributed by atoms with Crippen LogP contribution in [0.1, 0.15) is 11.1 Å². The van der Waals surface area contributed by atoms with Gasteiger partial charge < -0.3 is 10.1 Å². The van der Waals surface area contributed by atoms with Crippen LogP contribution in [0.4, 0.5) is 5.69 Å². The fourth-order valence-corrected chi connectivity index (χ4v) is 3.67. The minimum atomic E-state index is 0.336. The molecule has 0 fully saturated rings. The zero-order chi connectivity index (χ0) is 19.4. The van der Waals surface area contributed by atoms with Gasteiger partial charge in [-0.3, -0.25) is 0 Å². The molecule has 27 heavy (non-hydrogen) atoms. The van der Waals surface area contributed by atoms with E-state index >= 15 is 0 Å². The molecule has 140 valence electrons. The van der Waals surface area contributed by atoms with E-state index in [1.165, 1.54) is 0 Å². The largest absolute Gasteiger partial charge is 0.488 e. The Balaban J connectivity index is 1.75. The third-order valence-corrected chi connectivity index (χ3v) is 5.46. The summed E-state index contributed by atoms with van der Waals surface area (Å²) in [7, 11) is 0. The van der Waals surface area contributed by atoms with Gasteiger partial charge in [-0.25, -0.2) is 0 Å². The van der Waals surface area contributed by atoms with Crippen LogP contribution in [0.3, 0.4) is 0 Å². The maximum absolute atomic E-state index is 6.22. The van der Waals surface area contributed by atoms with E-state index < -0.39 is 0 Å². The van der Waals surface area contributed by atoms with Crippen LogP contribution in [0.2, 0.25) is 20.1 Å². The minimum Gasteiger partial charge on any atom is -0.488 e. The molecule has 0 amide bonds. The van der Waals surface area contributed by atoms with Crippen molar-refractivity contribution >= 4 is 68.0 Å². The lowest BCUT2D eigenvalue weighted by Gasteiger charge is -2.15. The summed E-state index contributed by atoms with van der Waals surface area (Å²) in [6.45, 7) is 0.853. The summed E-state index contributed by atoms with van der Waals surface area (Å²) in [5.74, 6) is 0.745. The van der Waals surface area contributed by atoms with E-state index in [-0.39, 0.29) is 0 Å². The molecule has 0 aliphatic carbocycles. The smallest absolute Gasteiger partial charge is 0.124 e. The molecule has 0 atom stereocenters. The topological polar surface area (TPSA) is 21.3 Å². The van der Waals surface area contributed by atoms with Crippen LogP contribution in [0.15, 0.2) is 59.1 Å². The standard InChI is InChI=1S/C20H14BrCl4NO/c21-14-2-6-20(27-11-12-1-3-15(22)8-18(12)25)13(7-14)10-26-19-9-16(23)4-5-17(19)24/h1-9,26H,10-11H2. The Kier molecular flexibility index (Phi) is 7.18. The Hall–Kier alpha value is -1.10. The van der Waals surface area contributed by atoms with E-state index in [2.05, 4.69) is 21.2 Å². The SMILES string of the molecule is Clc1ccc(COc2ccc(Br)cc2CNc2cc(Cl)ccc2Cl)c(Cl)c1. The molecule has 0 aliphatic heterocycles. The van der Waals surface area contributed by atoms with Crippen molar-refractivity contribution in [3.8, 4) is 5.75 Å². The summed E-state index contributed by atoms with van der Waals surface area (Å²) in [6, 6.07) is 16.5. The van der Waals surface area contributed by atoms with Gasteiger partial charge in [0.15, 0.2) is 0 Å². The molecule has 1 N–H and O–H groups in total. The highest BCUT2D eigenvalue weighted by molar-refractivity contribution is 9.10. The van der Waals surface area contributed by atoms with Crippen LogP contribution in [-0.4, -0.2) is 0 Å². The lowest BCUT2D eigenvalue weighted by Crippen LogP contribution is -2.04. The monoisotopic (exact) mass is 503 g/mol. The zero-order valence-electron chi connectivity index (χ0n) is 13.9. The van der Waals surface area contributed by atoms with Gasteiger partial charge in [-0.15, -0.1) is 0 Å². The summed E-state index contributed by atoms with van der Waals surface area (Å²) in [4.78, 5) is 0. The van der Waals surface area contributed by atoms with Crippen LogP contribution < -0.4 is 10.1 Å². The molecule has 0 saturated carbocycles. The maximum atomic E-state index is 6.22. The molecule has 0 aromatic heterocycles. The summed E-state index contributed by atoms with van der Waals surface area (Å²) >= 11 is 27.9. The Morgan fingerprint density at radius 1 is 0.778 bits per heavy atom. The predicted octanol–water partition coefficient (Wildman–Crippen LogP) is 8.25. The van der Waals surface area contributed by atoms with Crippen molar-refractivity contribution in [1.29, 1.82) is 0 Å². The van der Waals surface area contributed by atoms with E-state index in [0.29, 0.717) is 33.2 Å². The highest BCUT2D eigenvalue weighted by atomic mass is 79.9. The molecule has 0 spiro atoms. The van der Waals surface area contributed by atoms with Crippen LogP contribution in [0.25, 0.3) is 0 Å². The molecule has 0 aliphatic rings. The molecule has 0 heterocycles. The van der Waals surface area contributed by atoms with Crippen LogP contribution in [0, 0.1) is 0 Å². The summed E-state index contributed by atoms with van der Waals surface area (Å²) < 4.78 is 6.95. The average molecular weight is 506 g/mol. The van der Waals surface area contributed by atoms with E-state index in [9.17, 15) is 0 Å². The third kappa shape index (κ3) is 5.69. The fraction of sp³-hybridized carbons (Fsp3) is 0.100. The molecule has 3 aromatic carbocycles. The number of hydrogen-bond acceptors (Lipinski definition) is 2. The quantitative estimate of drug-likeness (QED) is 0.364. The first-order valence-electron chi connectivity index (χ1n) is 7.96. The van der Waals surface area contributed by atoms with E-state index in [1.54, 1.807) is 30.3 Å². The second-order valence-corrected chi connectivity index (χ2v) is 8.36. The predicted molar refractivity (Wildman–Crippen MR) is 119 cm³/mol. The molecular weight excluding hydrogens is 492 g/mol. The van der Waals surface area contributed by atoms with Crippen LogP contribution in [-0.2, 0) is 13.2 Å². The minimum absolute atomic E-state index is 0.336. The Labute approximate surface area is 186 Å². The molecule has 3 aromatic rings. The van der Waals surface area contributed by atoms with Gasteiger partial charge in [-0.2, -0.15) is 0 Å². The van der Waals surface area contributed by atoms with Crippen molar-refractivity contribution in [2.75, 3.05) is 5.32 Å². The summed E-state index contributed by atoms with van der Waals surface area (Å²) in [5.41, 5.74) is 2.59. The Morgan fingerprint density at radius 2 is 1.52 bits per heavy atom. The van der Waals surface area contributed by atoms with Crippen molar-refractivity contribution in [3.05, 3.63) is 90.3 Å². The van der Waals surface area contributed by atoms with Crippen molar-refractivity contribution in [3.63, 3.8) is 0 Å². The number of hydrogen-bond donors (Lipinski definition) is 1. The molecule has 2 nitrogen and oxygen atoms in total. The zero-order valence-corrected chi connectivity index (χ0v) is 18.5.